The molecule has 0 saturated heterocycles. The molecule has 0 heterocycles. The van der Waals surface area contributed by atoms with Crippen molar-refractivity contribution in [2.45, 2.75) is 6.61 Å². The van der Waals surface area contributed by atoms with Gasteiger partial charge in [0.2, 0.25) is 0 Å². The maximum atomic E-state index is 10.5. The van der Waals surface area contributed by atoms with Gasteiger partial charge in [0, 0.05) is 10.6 Å². The van der Waals surface area contributed by atoms with Crippen molar-refractivity contribution in [3.63, 3.8) is 0 Å². The maximum absolute atomic E-state index is 10.5. The van der Waals surface area contributed by atoms with E-state index in [-0.39, 0.29) is 0 Å². The van der Waals surface area contributed by atoms with Crippen LogP contribution in [0.15, 0.2) is 53.6 Å². The molecule has 2 aromatic carbocycles. The molecule has 0 unspecified atom stereocenters. The first kappa shape index (κ1) is 14.9. The third kappa shape index (κ3) is 4.81. The molecule has 0 aliphatic rings. The number of amides is 2. The highest BCUT2D eigenvalue weighted by Gasteiger charge is 2.01. The second-order valence-corrected chi connectivity index (χ2v) is 4.59. The standard InChI is InChI=1S/C15H14ClN3O2/c16-14-7-2-1-5-12(14)10-21-13-6-3-4-11(8-13)9-18-19-15(17)20/h1-9H,10H2,(H3,17,19,20)/b18-9+. The second kappa shape index (κ2) is 7.31. The fraction of sp³-hybridized carbons (Fsp3) is 0.0667. The van der Waals surface area contributed by atoms with Crippen LogP contribution in [0.3, 0.4) is 0 Å². The molecule has 2 rings (SSSR count). The average Bonchev–Trinajstić information content (AvgIpc) is 2.46. The summed E-state index contributed by atoms with van der Waals surface area (Å²) in [5, 5.41) is 4.36. The van der Waals surface area contributed by atoms with Gasteiger partial charge in [-0.3, -0.25) is 0 Å². The Balaban J connectivity index is 1.99. The Labute approximate surface area is 127 Å². The third-order valence-electron chi connectivity index (χ3n) is 2.60. The van der Waals surface area contributed by atoms with Gasteiger partial charge in [0.25, 0.3) is 0 Å². The molecule has 21 heavy (non-hydrogen) atoms. The number of carbonyl (C=O) groups is 1. The number of ether oxygens (including phenoxy) is 1. The third-order valence-corrected chi connectivity index (χ3v) is 2.97. The lowest BCUT2D eigenvalue weighted by Gasteiger charge is -2.08. The zero-order chi connectivity index (χ0) is 15.1. The van der Waals surface area contributed by atoms with Crippen LogP contribution in [0.1, 0.15) is 11.1 Å². The molecule has 0 fully saturated rings. The lowest BCUT2D eigenvalue weighted by molar-refractivity contribution is 0.249. The van der Waals surface area contributed by atoms with E-state index in [1.165, 1.54) is 6.21 Å². The Bertz CT molecular complexity index is 659. The van der Waals surface area contributed by atoms with Gasteiger partial charge in [-0.25, -0.2) is 10.2 Å². The number of hydrogen-bond donors (Lipinski definition) is 2. The van der Waals surface area contributed by atoms with Gasteiger partial charge in [0.05, 0.1) is 6.21 Å². The Hall–Kier alpha value is -2.53. The number of halogens is 1. The molecule has 0 aliphatic carbocycles. The van der Waals surface area contributed by atoms with Crippen molar-refractivity contribution >= 4 is 23.8 Å². The van der Waals surface area contributed by atoms with Crippen molar-refractivity contribution in [2.24, 2.45) is 10.8 Å². The van der Waals surface area contributed by atoms with E-state index in [2.05, 4.69) is 10.5 Å². The number of primary amides is 1. The van der Waals surface area contributed by atoms with Gasteiger partial charge in [0.1, 0.15) is 12.4 Å². The average molecular weight is 304 g/mol. The molecule has 2 aromatic rings. The van der Waals surface area contributed by atoms with E-state index in [1.54, 1.807) is 6.07 Å². The van der Waals surface area contributed by atoms with Gasteiger partial charge in [-0.1, -0.05) is 41.9 Å². The van der Waals surface area contributed by atoms with Gasteiger partial charge >= 0.3 is 6.03 Å². The van der Waals surface area contributed by atoms with Gasteiger partial charge < -0.3 is 10.5 Å². The van der Waals surface area contributed by atoms with Gasteiger partial charge in [-0.2, -0.15) is 5.10 Å². The SMILES string of the molecule is NC(=O)N/N=C/c1cccc(OCc2ccccc2Cl)c1. The quantitative estimate of drug-likeness (QED) is 0.658. The molecule has 0 atom stereocenters. The number of nitrogens with one attached hydrogen (secondary N) is 1. The van der Waals surface area contributed by atoms with Crippen LogP contribution in [0.4, 0.5) is 4.79 Å². The lowest BCUT2D eigenvalue weighted by atomic mass is 10.2. The van der Waals surface area contributed by atoms with E-state index >= 15 is 0 Å². The van der Waals surface area contributed by atoms with Crippen molar-refractivity contribution in [1.29, 1.82) is 0 Å². The molecular weight excluding hydrogens is 290 g/mol. The Morgan fingerprint density at radius 3 is 2.86 bits per heavy atom. The number of nitrogens with zero attached hydrogens (tertiary/aromatic N) is 1. The molecule has 6 heteroatoms. The van der Waals surface area contributed by atoms with E-state index in [9.17, 15) is 4.79 Å². The highest BCUT2D eigenvalue weighted by Crippen LogP contribution is 2.19. The minimum Gasteiger partial charge on any atom is -0.489 e. The molecule has 0 aromatic heterocycles. The van der Waals surface area contributed by atoms with Crippen LogP contribution in [0.2, 0.25) is 5.02 Å². The number of carbonyl (C=O) groups excluding carboxylic acids is 1. The first-order valence-electron chi connectivity index (χ1n) is 6.20. The van der Waals surface area contributed by atoms with Crippen molar-refractivity contribution in [3.05, 3.63) is 64.7 Å². The van der Waals surface area contributed by atoms with Crippen LogP contribution in [0, 0.1) is 0 Å². The van der Waals surface area contributed by atoms with Crippen molar-refractivity contribution in [3.8, 4) is 5.75 Å². The topological polar surface area (TPSA) is 76.7 Å². The number of nitrogens with two attached hydrogens (primary N) is 1. The van der Waals surface area contributed by atoms with E-state index in [0.717, 1.165) is 11.1 Å². The molecule has 3 N–H and O–H groups in total. The summed E-state index contributed by atoms with van der Waals surface area (Å²) in [5.74, 6) is 0.679. The molecule has 2 amide bonds. The van der Waals surface area contributed by atoms with Crippen molar-refractivity contribution in [2.75, 3.05) is 0 Å². The summed E-state index contributed by atoms with van der Waals surface area (Å²) in [4.78, 5) is 10.5. The monoisotopic (exact) mass is 303 g/mol. The predicted molar refractivity (Wildman–Crippen MR) is 82.5 cm³/mol. The predicted octanol–water partition coefficient (Wildman–Crippen LogP) is 2.92. The summed E-state index contributed by atoms with van der Waals surface area (Å²) in [6, 6.07) is 14.1. The van der Waals surface area contributed by atoms with E-state index in [1.807, 2.05) is 42.5 Å². The second-order valence-electron chi connectivity index (χ2n) is 4.19. The molecule has 108 valence electrons. The zero-order valence-electron chi connectivity index (χ0n) is 11.1. The Morgan fingerprint density at radius 2 is 2.10 bits per heavy atom. The van der Waals surface area contributed by atoms with Crippen LogP contribution in [-0.2, 0) is 6.61 Å². The van der Waals surface area contributed by atoms with E-state index < -0.39 is 6.03 Å². The molecule has 0 radical (unpaired) electrons. The number of hydrogen-bond acceptors (Lipinski definition) is 3. The summed E-state index contributed by atoms with van der Waals surface area (Å²) < 4.78 is 5.68. The molecule has 5 nitrogen and oxygen atoms in total. The Morgan fingerprint density at radius 1 is 1.29 bits per heavy atom. The highest BCUT2D eigenvalue weighted by molar-refractivity contribution is 6.31. The van der Waals surface area contributed by atoms with Crippen LogP contribution < -0.4 is 15.9 Å². The largest absolute Gasteiger partial charge is 0.489 e. The number of urea groups is 1. The first-order valence-corrected chi connectivity index (χ1v) is 6.58. The molecule has 0 aliphatic heterocycles. The van der Waals surface area contributed by atoms with Gasteiger partial charge in [-0.15, -0.1) is 0 Å². The number of hydrazone groups is 1. The summed E-state index contributed by atoms with van der Waals surface area (Å²) in [6.07, 6.45) is 1.48. The smallest absolute Gasteiger partial charge is 0.332 e. The molecule has 0 spiro atoms. The highest BCUT2D eigenvalue weighted by atomic mass is 35.5. The van der Waals surface area contributed by atoms with Crippen LogP contribution in [-0.4, -0.2) is 12.2 Å². The molecular formula is C15H14ClN3O2. The van der Waals surface area contributed by atoms with Crippen LogP contribution >= 0.6 is 11.6 Å². The summed E-state index contributed by atoms with van der Waals surface area (Å²) >= 11 is 6.07. The Kier molecular flexibility index (Phi) is 5.17. The summed E-state index contributed by atoms with van der Waals surface area (Å²) in [7, 11) is 0. The van der Waals surface area contributed by atoms with Gasteiger partial charge in [-0.05, 0) is 23.8 Å². The first-order chi connectivity index (χ1) is 10.1. The maximum Gasteiger partial charge on any atom is 0.332 e. The fourth-order valence-electron chi connectivity index (χ4n) is 1.63. The summed E-state index contributed by atoms with van der Waals surface area (Å²) in [6.45, 7) is 0.375. The van der Waals surface area contributed by atoms with E-state index in [0.29, 0.717) is 17.4 Å². The molecule has 0 saturated carbocycles. The minimum atomic E-state index is -0.711. The fourth-order valence-corrected chi connectivity index (χ4v) is 1.82. The van der Waals surface area contributed by atoms with Crippen LogP contribution in [0.5, 0.6) is 5.75 Å². The normalized spacial score (nSPS) is 10.5. The van der Waals surface area contributed by atoms with E-state index in [4.69, 9.17) is 22.1 Å². The van der Waals surface area contributed by atoms with Crippen molar-refractivity contribution < 1.29 is 9.53 Å². The number of rotatable bonds is 5. The lowest BCUT2D eigenvalue weighted by Crippen LogP contribution is -2.24. The van der Waals surface area contributed by atoms with Crippen molar-refractivity contribution in [1.82, 2.24) is 5.43 Å². The summed E-state index contributed by atoms with van der Waals surface area (Å²) in [5.41, 5.74) is 8.73. The van der Waals surface area contributed by atoms with Gasteiger partial charge in [0.15, 0.2) is 0 Å². The molecule has 0 bridgehead atoms. The van der Waals surface area contributed by atoms with Crippen LogP contribution in [0.25, 0.3) is 0 Å². The minimum absolute atomic E-state index is 0.375. The number of benzene rings is 2. The zero-order valence-corrected chi connectivity index (χ0v) is 11.9.